The molecule has 0 saturated heterocycles. The van der Waals surface area contributed by atoms with Crippen molar-refractivity contribution in [3.8, 4) is 101 Å². The highest BCUT2D eigenvalue weighted by Gasteiger charge is 2.34. The maximum atomic E-state index is 6.29. The number of para-hydroxylation sites is 10. The van der Waals surface area contributed by atoms with E-state index in [0.29, 0.717) is 17.5 Å². The summed E-state index contributed by atoms with van der Waals surface area (Å²) in [5.74, 6) is 2.06. The monoisotopic (exact) mass is 1860 g/mol. The van der Waals surface area contributed by atoms with Crippen LogP contribution in [0.4, 0.5) is 51.2 Å². The summed E-state index contributed by atoms with van der Waals surface area (Å²) in [6.45, 7) is 0. The summed E-state index contributed by atoms with van der Waals surface area (Å²) in [7, 11) is 0. The minimum Gasteiger partial charge on any atom is -0.456 e. The maximum Gasteiger partial charge on any atom is 0.162 e. The molecule has 3 aliphatic rings. The average molecular weight is 1860 g/mol. The van der Waals surface area contributed by atoms with Crippen LogP contribution in [0.1, 0.15) is 0 Å². The van der Waals surface area contributed by atoms with Crippen LogP contribution in [0, 0.1) is 0 Å². The summed E-state index contributed by atoms with van der Waals surface area (Å²) in [5.41, 5.74) is 34.2. The molecule has 0 unspecified atom stereocenters. The lowest BCUT2D eigenvalue weighted by Gasteiger charge is -2.34. The Morgan fingerprint density at radius 3 is 1.08 bits per heavy atom. The molecule has 32 rings (SSSR count). The van der Waals surface area contributed by atoms with Crippen molar-refractivity contribution in [3.05, 3.63) is 479 Å². The van der Waals surface area contributed by atoms with Gasteiger partial charge in [0.25, 0.3) is 0 Å². The first kappa shape index (κ1) is 82.1. The topological polar surface area (TPSA) is 126 Å². The van der Waals surface area contributed by atoms with Gasteiger partial charge in [0.2, 0.25) is 0 Å². The van der Waals surface area contributed by atoms with E-state index in [4.69, 9.17) is 43.2 Å². The summed E-state index contributed by atoms with van der Waals surface area (Å²) >= 11 is 0. The van der Waals surface area contributed by atoms with E-state index in [2.05, 4.69) is 421 Å². The average Bonchev–Trinajstić information content (AvgIpc) is 0.963. The highest BCUT2D eigenvalue weighted by atomic mass is 16.3. The van der Waals surface area contributed by atoms with Gasteiger partial charge in [-0.1, -0.05) is 334 Å². The van der Waals surface area contributed by atoms with Crippen LogP contribution in [0.2, 0.25) is 0 Å². The quantitative estimate of drug-likeness (QED) is 0.137. The summed E-state index contributed by atoms with van der Waals surface area (Å²) < 4.78 is 18.7. The van der Waals surface area contributed by atoms with E-state index in [1.165, 1.54) is 88.1 Å². The lowest BCUT2D eigenvalue weighted by Crippen LogP contribution is -2.16. The van der Waals surface area contributed by atoms with Crippen molar-refractivity contribution in [2.24, 2.45) is 0 Å². The Morgan fingerprint density at radius 2 is 0.493 bits per heavy atom. The van der Waals surface area contributed by atoms with Gasteiger partial charge in [-0.2, -0.15) is 0 Å². The summed E-state index contributed by atoms with van der Waals surface area (Å²) in [5, 5.41) is 21.5. The third-order valence-electron chi connectivity index (χ3n) is 29.6. The van der Waals surface area contributed by atoms with E-state index in [0.717, 1.165) is 199 Å². The molecule has 12 nitrogen and oxygen atoms in total. The van der Waals surface area contributed by atoms with Crippen LogP contribution in [0.15, 0.2) is 492 Å². The Morgan fingerprint density at radius 1 is 0.144 bits per heavy atom. The van der Waals surface area contributed by atoms with Crippen LogP contribution >= 0.6 is 0 Å². The normalized spacial score (nSPS) is 12.3. The lowest BCUT2D eigenvalue weighted by atomic mass is 9.90. The zero-order valence-electron chi connectivity index (χ0n) is 78.4. The number of fused-ring (bicyclic) bond motifs is 20. The van der Waals surface area contributed by atoms with Crippen LogP contribution in [0.5, 0.6) is 0 Å². The van der Waals surface area contributed by atoms with Gasteiger partial charge in [-0.3, -0.25) is 0 Å². The fourth-order valence-corrected chi connectivity index (χ4v) is 23.2. The minimum atomic E-state index is 0.678. The van der Waals surface area contributed by atoms with Crippen LogP contribution < -0.4 is 14.7 Å². The number of aromatic nitrogens is 6. The molecule has 3 aliphatic heterocycles. The second-order valence-corrected chi connectivity index (χ2v) is 37.6. The Labute approximate surface area is 836 Å². The molecule has 0 radical (unpaired) electrons. The predicted molar refractivity (Wildman–Crippen MR) is 602 cm³/mol. The molecule has 6 aromatic heterocycles. The number of nitrogens with zero attached hydrogens (tertiary/aromatic N) is 9. The number of rotatable bonds is 9. The molecule has 0 atom stereocenters. The molecular weight excluding hydrogens is 1780 g/mol. The molecule has 12 heteroatoms. The molecule has 0 saturated carbocycles. The molecule has 0 amide bonds. The lowest BCUT2D eigenvalue weighted by molar-refractivity contribution is 0.668. The second kappa shape index (κ2) is 32.9. The van der Waals surface area contributed by atoms with E-state index in [1.807, 2.05) is 72.8 Å². The molecule has 0 N–H and O–H groups in total. The van der Waals surface area contributed by atoms with Crippen molar-refractivity contribution in [1.29, 1.82) is 0 Å². The largest absolute Gasteiger partial charge is 0.456 e. The molecule has 29 aromatic rings. The molecule has 9 heterocycles. The standard InChI is InChI=1S/2C46H27N3O.C42H25N3O/c1-2-15-30-29(14-1)33(26-27-39(30)49-38-22-7-4-16-31(38)32-19-9-12-28-13-10-23-40(49)43(28)32)46-47-37-21-6-3-17-34(37)45(48-46)36-20-11-25-42-44(36)35-18-5-8-24-41(35)50-42;1-2-14-32-29(11-1)25-31(27-41(32)49-39-20-7-4-15-33(39)35-18-9-12-28-13-10-21-40(49)44(28)35)46-47-38-19-6-3-17-36(38)45(48-46)30-23-24-43-37(26-30)34-16-5-8-22-42(34)50-43;1-5-18-34-32(15-1)41(27-23-24-30-29-14-4-8-22-38(29)46-39(30)25-27)44-42(43-34)33-16-3-7-20-36(33)45-35-19-6-2-13-28(35)31-17-9-11-26-12-10-21-37(45)40(26)31/h2*1-27H;1-25H. The van der Waals surface area contributed by atoms with Gasteiger partial charge in [0, 0.05) is 125 Å². The smallest absolute Gasteiger partial charge is 0.162 e. The van der Waals surface area contributed by atoms with E-state index >= 15 is 0 Å². The van der Waals surface area contributed by atoms with Crippen LogP contribution in [0.3, 0.4) is 0 Å². The molecule has 146 heavy (non-hydrogen) atoms. The number of benzene rings is 23. The molecule has 0 aliphatic carbocycles. The summed E-state index contributed by atoms with van der Waals surface area (Å²) in [6, 6.07) is 169. The zero-order chi connectivity index (χ0) is 95.7. The van der Waals surface area contributed by atoms with E-state index in [1.54, 1.807) is 0 Å². The number of furan rings is 3. The summed E-state index contributed by atoms with van der Waals surface area (Å²) in [6.07, 6.45) is 0. The van der Waals surface area contributed by atoms with Gasteiger partial charge in [0.05, 0.1) is 84.8 Å². The first-order valence-corrected chi connectivity index (χ1v) is 49.3. The Kier molecular flexibility index (Phi) is 18.5. The second-order valence-electron chi connectivity index (χ2n) is 37.6. The molecule has 0 spiro atoms. The van der Waals surface area contributed by atoms with Crippen molar-refractivity contribution in [1.82, 2.24) is 29.9 Å². The third kappa shape index (κ3) is 13.0. The van der Waals surface area contributed by atoms with Gasteiger partial charge >= 0.3 is 0 Å². The van der Waals surface area contributed by atoms with Gasteiger partial charge in [0.1, 0.15) is 33.5 Å². The first-order chi connectivity index (χ1) is 72.4. The highest BCUT2D eigenvalue weighted by molar-refractivity contribution is 6.22. The van der Waals surface area contributed by atoms with Gasteiger partial charge in [-0.15, -0.1) is 0 Å². The van der Waals surface area contributed by atoms with Gasteiger partial charge < -0.3 is 28.0 Å². The number of hydrogen-bond donors (Lipinski definition) is 0. The number of anilines is 9. The number of hydrogen-bond acceptors (Lipinski definition) is 12. The van der Waals surface area contributed by atoms with Crippen molar-refractivity contribution in [2.45, 2.75) is 0 Å². The first-order valence-electron chi connectivity index (χ1n) is 49.3. The fourth-order valence-electron chi connectivity index (χ4n) is 23.2. The molecule has 678 valence electrons. The molecular formula is C134H79N9O3. The van der Waals surface area contributed by atoms with Crippen molar-refractivity contribution in [3.63, 3.8) is 0 Å². The fraction of sp³-hybridized carbons (Fsp3) is 0. The maximum absolute atomic E-state index is 6.29. The van der Waals surface area contributed by atoms with Crippen molar-refractivity contribution < 1.29 is 13.3 Å². The zero-order valence-corrected chi connectivity index (χ0v) is 78.4. The van der Waals surface area contributed by atoms with E-state index in [-0.39, 0.29) is 0 Å². The van der Waals surface area contributed by atoms with Gasteiger partial charge in [0.15, 0.2) is 17.5 Å². The Hall–Kier alpha value is -19.8. The van der Waals surface area contributed by atoms with Gasteiger partial charge in [-0.25, -0.2) is 29.9 Å². The summed E-state index contributed by atoms with van der Waals surface area (Å²) in [4.78, 5) is 38.9. The predicted octanol–water partition coefficient (Wildman–Crippen LogP) is 36.7. The van der Waals surface area contributed by atoms with Crippen LogP contribution in [-0.2, 0) is 0 Å². The Bertz CT molecular complexity index is 10600. The van der Waals surface area contributed by atoms with Crippen molar-refractivity contribution in [2.75, 3.05) is 14.7 Å². The van der Waals surface area contributed by atoms with Gasteiger partial charge in [-0.05, 0) is 189 Å². The molecule has 23 aromatic carbocycles. The minimum absolute atomic E-state index is 0.678. The Balaban J connectivity index is 0.000000102. The van der Waals surface area contributed by atoms with E-state index in [9.17, 15) is 0 Å². The van der Waals surface area contributed by atoms with Crippen LogP contribution in [-0.4, -0.2) is 29.9 Å². The van der Waals surface area contributed by atoms with E-state index < -0.39 is 0 Å². The van der Waals surface area contributed by atoms with Crippen molar-refractivity contribution >= 4 is 204 Å². The SMILES string of the molecule is c1ccc(N2c3ccccc3-c3cccc4cccc2c34)c(-c2nc(-c3ccc4c(c3)oc3ccccc34)c3ccccc3n2)c1.c1ccc2c(c1)-c1cccc3cccc(c13)N2c1cc(-c2nc(-c3ccc4oc5ccccc5c4c3)c3ccccc3n2)cc2ccccc12.c1ccc2c(c1)-c1cccc3cccc(c13)N2c1ccc(-c2nc(-c3cccc4oc5ccccc5c34)c3ccccc3n2)c2ccccc12. The highest BCUT2D eigenvalue weighted by Crippen LogP contribution is 2.58. The third-order valence-corrected chi connectivity index (χ3v) is 29.6. The molecule has 0 bridgehead atoms. The molecule has 0 fully saturated rings. The van der Waals surface area contributed by atoms with Crippen LogP contribution in [0.25, 0.3) is 254 Å².